The number of phenols is 2. The molecule has 13 nitrogen and oxygen atoms in total. The summed E-state index contributed by atoms with van der Waals surface area (Å²) in [6.45, 7) is 0. The standard InChI is InChI=1S/C42H30N7O6P3/c50-37-19-7-1-17-33(37)35-25-27-48(43-35)56(49-28-26-36(44-49)34-18-2-8-20-38(34)51)45-57(52-39-21-9-3-13-29(39)30-14-4-10-22-40(30)53-57)47-58(46-56)54-41-23-11-5-15-31(41)32-16-6-12-24-42(32)55-58/h1-28,45H,(H-,43,44,50,51)/p+1. The minimum Gasteiger partial charge on any atom is -0.507 e. The SMILES string of the molecule is Oc1ccccc1-c1ccn(P2(n3ccc(-c4ccccc4O)n3)=N[P+]3(N=P4(N2)Oc2ccccc2-c2ccccc2O4)Oc2ccccc2-c2ccccc2O3)n1. The highest BCUT2D eigenvalue weighted by atomic mass is 31.3. The van der Waals surface area contributed by atoms with Crippen molar-refractivity contribution in [2.45, 2.75) is 0 Å². The summed E-state index contributed by atoms with van der Waals surface area (Å²) in [5, 5.41) is 32.1. The van der Waals surface area contributed by atoms with Gasteiger partial charge >= 0.3 is 23.2 Å². The van der Waals surface area contributed by atoms with Crippen molar-refractivity contribution in [1.82, 2.24) is 24.0 Å². The van der Waals surface area contributed by atoms with Crippen molar-refractivity contribution in [2.75, 3.05) is 0 Å². The number of rotatable bonds is 4. The number of para-hydroxylation sites is 6. The number of aromatic nitrogens is 4. The number of hydrogen-bond donors (Lipinski definition) is 3. The van der Waals surface area contributed by atoms with E-state index in [2.05, 4.69) is 4.86 Å². The molecule has 0 amide bonds. The zero-order valence-electron chi connectivity index (χ0n) is 30.2. The van der Waals surface area contributed by atoms with Crippen molar-refractivity contribution in [2.24, 2.45) is 9.03 Å². The second-order valence-electron chi connectivity index (χ2n) is 13.5. The fourth-order valence-corrected chi connectivity index (χ4v) is 18.0. The molecule has 0 saturated heterocycles. The average molecular weight is 823 g/mol. The fraction of sp³-hybridized carbons (Fsp3) is 0. The molecule has 0 atom stereocenters. The predicted octanol–water partition coefficient (Wildman–Crippen LogP) is 11.7. The Morgan fingerprint density at radius 3 is 1.28 bits per heavy atom. The van der Waals surface area contributed by atoms with Crippen LogP contribution < -0.4 is 23.0 Å². The van der Waals surface area contributed by atoms with Crippen molar-refractivity contribution in [3.63, 3.8) is 0 Å². The highest BCUT2D eigenvalue weighted by Crippen LogP contribution is 2.82. The van der Waals surface area contributed by atoms with Crippen LogP contribution in [0.15, 0.2) is 179 Å². The first-order valence-corrected chi connectivity index (χ1v) is 23.0. The zero-order chi connectivity index (χ0) is 38.9. The number of nitrogens with zero attached hydrogens (tertiary/aromatic N) is 6. The molecule has 0 radical (unpaired) electrons. The highest BCUT2D eigenvalue weighted by molar-refractivity contribution is 7.85. The molecule has 5 heterocycles. The molecule has 6 aromatic carbocycles. The molecule has 0 bridgehead atoms. The maximum atomic E-state index is 10.9. The van der Waals surface area contributed by atoms with Gasteiger partial charge in [-0.3, -0.25) is 9.05 Å². The number of fused-ring (bicyclic) bond motifs is 6. The first-order chi connectivity index (χ1) is 28.4. The predicted molar refractivity (Wildman–Crippen MR) is 224 cm³/mol. The summed E-state index contributed by atoms with van der Waals surface area (Å²) in [5.41, 5.74) is 5.20. The van der Waals surface area contributed by atoms with Gasteiger partial charge in [-0.05, 0) is 60.7 Å². The molecule has 8 aromatic rings. The van der Waals surface area contributed by atoms with Crippen molar-refractivity contribution in [3.05, 3.63) is 170 Å². The molecule has 3 aliphatic rings. The molecule has 2 spiro atoms. The van der Waals surface area contributed by atoms with Gasteiger partial charge in [0.25, 0.3) is 0 Å². The van der Waals surface area contributed by atoms with E-state index in [1.54, 1.807) is 69.8 Å². The molecule has 0 aliphatic carbocycles. The van der Waals surface area contributed by atoms with Gasteiger partial charge in [-0.25, -0.2) is 8.90 Å². The van der Waals surface area contributed by atoms with E-state index >= 15 is 0 Å². The second kappa shape index (κ2) is 13.2. The minimum absolute atomic E-state index is 0.0600. The Bertz CT molecular complexity index is 2870. The molecule has 3 N–H and O–H groups in total. The average Bonchev–Trinajstić information content (AvgIpc) is 3.89. The van der Waals surface area contributed by atoms with Gasteiger partial charge in [-0.2, -0.15) is 10.2 Å². The monoisotopic (exact) mass is 822 g/mol. The Morgan fingerprint density at radius 1 is 0.448 bits per heavy atom. The van der Waals surface area contributed by atoms with Gasteiger partial charge in [0.05, 0.1) is 15.9 Å². The normalized spacial score (nSPS) is 16.2. The Hall–Kier alpha value is -6.61. The first kappa shape index (κ1) is 34.6. The third-order valence-electron chi connectivity index (χ3n) is 9.82. The Morgan fingerprint density at radius 2 is 0.828 bits per heavy atom. The quantitative estimate of drug-likeness (QED) is 0.147. The van der Waals surface area contributed by atoms with E-state index in [4.69, 9.17) is 37.3 Å². The molecule has 0 saturated carbocycles. The summed E-state index contributed by atoms with van der Waals surface area (Å²) in [6.07, 6.45) is 3.54. The van der Waals surface area contributed by atoms with E-state index in [0.717, 1.165) is 22.3 Å². The van der Waals surface area contributed by atoms with E-state index in [9.17, 15) is 10.2 Å². The first-order valence-electron chi connectivity index (χ1n) is 18.2. The molecule has 0 fully saturated rings. The van der Waals surface area contributed by atoms with Crippen LogP contribution in [0.2, 0.25) is 0 Å². The van der Waals surface area contributed by atoms with Crippen LogP contribution in [-0.4, -0.2) is 29.3 Å². The topological polar surface area (TPSA) is 150 Å². The van der Waals surface area contributed by atoms with Crippen LogP contribution >= 0.6 is 23.2 Å². The summed E-state index contributed by atoms with van der Waals surface area (Å²) in [6, 6.07) is 48.3. The molecule has 58 heavy (non-hydrogen) atoms. The third-order valence-corrected chi connectivity index (χ3v) is 19.0. The zero-order valence-corrected chi connectivity index (χ0v) is 32.9. The lowest BCUT2D eigenvalue weighted by Gasteiger charge is -2.34. The van der Waals surface area contributed by atoms with Gasteiger partial charge in [-0.1, -0.05) is 97.1 Å². The van der Waals surface area contributed by atoms with Gasteiger partial charge in [0.1, 0.15) is 23.0 Å². The lowest BCUT2D eigenvalue weighted by Crippen LogP contribution is -2.28. The Labute approximate surface area is 332 Å². The summed E-state index contributed by atoms with van der Waals surface area (Å²) in [5.74, 6) is 2.18. The number of phenolic OH excluding ortho intramolecular Hbond substituents is 2. The molecule has 2 aromatic heterocycles. The van der Waals surface area contributed by atoms with E-state index in [0.29, 0.717) is 45.5 Å². The molecule has 284 valence electrons. The van der Waals surface area contributed by atoms with Crippen LogP contribution in [0.5, 0.6) is 34.5 Å². The molecule has 16 heteroatoms. The van der Waals surface area contributed by atoms with E-state index in [1.807, 2.05) is 109 Å². The minimum atomic E-state index is -3.95. The van der Waals surface area contributed by atoms with Crippen molar-refractivity contribution < 1.29 is 28.3 Å². The van der Waals surface area contributed by atoms with Crippen molar-refractivity contribution in [3.8, 4) is 79.3 Å². The van der Waals surface area contributed by atoms with E-state index in [-0.39, 0.29) is 11.5 Å². The second-order valence-corrected chi connectivity index (χ2v) is 20.4. The lowest BCUT2D eigenvalue weighted by atomic mass is 10.0. The van der Waals surface area contributed by atoms with Gasteiger partial charge < -0.3 is 19.3 Å². The maximum Gasteiger partial charge on any atom is 0.632 e. The van der Waals surface area contributed by atoms with Gasteiger partial charge in [-0.15, -0.1) is 4.86 Å². The number of hydrogen-bond acceptors (Lipinski definition) is 11. The third kappa shape index (κ3) is 5.62. The Kier molecular flexibility index (Phi) is 7.90. The number of nitrogens with one attached hydrogen (secondary N) is 1. The van der Waals surface area contributed by atoms with Crippen LogP contribution in [0.4, 0.5) is 0 Å². The van der Waals surface area contributed by atoms with Crippen LogP contribution in [-0.2, 0) is 0 Å². The highest BCUT2D eigenvalue weighted by Gasteiger charge is 2.64. The van der Waals surface area contributed by atoms with Crippen molar-refractivity contribution >= 4 is 23.2 Å². The molecular weight excluding hydrogens is 791 g/mol. The summed E-state index contributed by atoms with van der Waals surface area (Å²) >= 11 is 0. The number of benzene rings is 6. The van der Waals surface area contributed by atoms with Crippen LogP contribution in [0, 0.1) is 0 Å². The smallest absolute Gasteiger partial charge is 0.507 e. The van der Waals surface area contributed by atoms with Crippen LogP contribution in [0.25, 0.3) is 44.8 Å². The Balaban J connectivity index is 1.24. The lowest BCUT2D eigenvalue weighted by molar-refractivity contribution is 0.455. The number of aromatic hydroxyl groups is 2. The van der Waals surface area contributed by atoms with E-state index < -0.39 is 23.2 Å². The van der Waals surface area contributed by atoms with E-state index in [1.165, 1.54) is 0 Å². The molecule has 11 rings (SSSR count). The maximum absolute atomic E-state index is 10.9. The molecular formula is C42H31N7O6P3+. The van der Waals surface area contributed by atoms with Gasteiger partial charge in [0.15, 0.2) is 11.5 Å². The van der Waals surface area contributed by atoms with Gasteiger partial charge in [0.2, 0.25) is 0 Å². The fourth-order valence-electron chi connectivity index (χ4n) is 7.19. The summed E-state index contributed by atoms with van der Waals surface area (Å²) in [4.78, 5) is 3.72. The van der Waals surface area contributed by atoms with Crippen LogP contribution in [0.1, 0.15) is 0 Å². The van der Waals surface area contributed by atoms with Gasteiger partial charge in [0, 0.05) is 50.3 Å². The molecule has 3 aliphatic heterocycles. The van der Waals surface area contributed by atoms with Crippen LogP contribution in [0.3, 0.4) is 0 Å². The molecule has 0 unspecified atom stereocenters. The summed E-state index contributed by atoms with van der Waals surface area (Å²) in [7, 11) is -11.6. The van der Waals surface area contributed by atoms with Crippen molar-refractivity contribution in [1.29, 1.82) is 0 Å². The summed E-state index contributed by atoms with van der Waals surface area (Å²) < 4.78 is 42.8. The largest absolute Gasteiger partial charge is 0.632 e.